The lowest BCUT2D eigenvalue weighted by atomic mass is 9.85. The van der Waals surface area contributed by atoms with E-state index in [9.17, 15) is 9.50 Å². The van der Waals surface area contributed by atoms with Gasteiger partial charge < -0.3 is 14.6 Å². The van der Waals surface area contributed by atoms with Crippen molar-refractivity contribution in [2.45, 2.75) is 51.3 Å². The molecule has 1 fully saturated rings. The van der Waals surface area contributed by atoms with Gasteiger partial charge in [0.25, 0.3) is 0 Å². The molecule has 0 bridgehead atoms. The van der Waals surface area contributed by atoms with E-state index in [0.29, 0.717) is 25.0 Å². The Morgan fingerprint density at radius 1 is 1.13 bits per heavy atom. The molecule has 3 aromatic rings. The van der Waals surface area contributed by atoms with Gasteiger partial charge in [-0.3, -0.25) is 0 Å². The zero-order chi connectivity index (χ0) is 20.9. The molecule has 3 heterocycles. The molecule has 1 spiro atoms. The summed E-state index contributed by atoms with van der Waals surface area (Å²) in [4.78, 5) is 2.28. The maximum Gasteiger partial charge on any atom is 0.198 e. The summed E-state index contributed by atoms with van der Waals surface area (Å²) in [6.45, 7) is 4.24. The minimum atomic E-state index is -0.978. The van der Waals surface area contributed by atoms with Crippen LogP contribution in [0, 0.1) is 11.7 Å². The second-order valence-electron chi connectivity index (χ2n) is 8.40. The first-order valence-electron chi connectivity index (χ1n) is 10.4. The van der Waals surface area contributed by atoms with Crippen molar-refractivity contribution in [2.75, 3.05) is 0 Å². The normalized spacial score (nSPS) is 28.1. The fourth-order valence-corrected chi connectivity index (χ4v) is 5.49. The summed E-state index contributed by atoms with van der Waals surface area (Å²) in [6.07, 6.45) is 0.229. The van der Waals surface area contributed by atoms with Crippen LogP contribution >= 0.6 is 11.3 Å². The first-order chi connectivity index (χ1) is 14.4. The van der Waals surface area contributed by atoms with Gasteiger partial charge in [-0.15, -0.1) is 11.3 Å². The number of aliphatic hydroxyl groups excluding tert-OH is 1. The van der Waals surface area contributed by atoms with Gasteiger partial charge in [0.2, 0.25) is 0 Å². The number of hydrogen-bond acceptors (Lipinski definition) is 4. The molecule has 0 radical (unpaired) electrons. The van der Waals surface area contributed by atoms with Crippen molar-refractivity contribution in [1.82, 2.24) is 0 Å². The minimum absolute atomic E-state index is 0.0331. The third kappa shape index (κ3) is 3.40. The Balaban J connectivity index is 1.45. The maximum atomic E-state index is 14.9. The van der Waals surface area contributed by atoms with E-state index in [2.05, 4.69) is 24.3 Å². The molecular weight excluding hydrogens is 399 g/mol. The molecule has 5 heteroatoms. The Hall–Kier alpha value is -2.05. The SMILES string of the molecule is CC1[C@H](O)C[C@@]2(OCc3cc(F)c(Cc4ccc(-c5ccccc5)s4)cc32)O[C@@H]1C. The summed E-state index contributed by atoms with van der Waals surface area (Å²) in [5.41, 5.74) is 3.46. The fraction of sp³-hybridized carbons (Fsp3) is 0.360. The number of halogens is 1. The van der Waals surface area contributed by atoms with Crippen LogP contribution in [0.15, 0.2) is 54.6 Å². The van der Waals surface area contributed by atoms with Crippen LogP contribution in [0.25, 0.3) is 10.4 Å². The molecule has 2 aliphatic heterocycles. The van der Waals surface area contributed by atoms with Gasteiger partial charge in [-0.1, -0.05) is 37.3 Å². The van der Waals surface area contributed by atoms with Crippen molar-refractivity contribution < 1.29 is 19.0 Å². The van der Waals surface area contributed by atoms with E-state index in [-0.39, 0.29) is 17.8 Å². The van der Waals surface area contributed by atoms with Crippen LogP contribution in [0.5, 0.6) is 0 Å². The molecule has 1 N–H and O–H groups in total. The molecular formula is C25H25FO3S. The molecule has 2 aromatic carbocycles. The summed E-state index contributed by atoms with van der Waals surface area (Å²) in [6, 6.07) is 17.8. The summed E-state index contributed by atoms with van der Waals surface area (Å²) < 4.78 is 27.2. The number of ether oxygens (including phenoxy) is 2. The highest BCUT2D eigenvalue weighted by molar-refractivity contribution is 7.15. The standard InChI is InChI=1S/C25H25FO3S/c1-15-16(2)29-25(13-23(15)27)21-11-18(22(26)12-19(21)14-28-25)10-20-8-9-24(30-20)17-6-4-3-5-7-17/h3-9,11-12,15-16,23,27H,10,13-14H2,1-2H3/t15?,16-,23-,25-/m1/s1. The monoisotopic (exact) mass is 424 g/mol. The van der Waals surface area contributed by atoms with Crippen molar-refractivity contribution >= 4 is 11.3 Å². The predicted octanol–water partition coefficient (Wildman–Crippen LogP) is 5.63. The zero-order valence-electron chi connectivity index (χ0n) is 17.1. The van der Waals surface area contributed by atoms with Crippen molar-refractivity contribution in [3.8, 4) is 10.4 Å². The van der Waals surface area contributed by atoms with Crippen LogP contribution in [-0.4, -0.2) is 17.3 Å². The molecule has 156 valence electrons. The van der Waals surface area contributed by atoms with E-state index in [4.69, 9.17) is 9.47 Å². The summed E-state index contributed by atoms with van der Waals surface area (Å²) >= 11 is 1.68. The number of rotatable bonds is 3. The molecule has 0 amide bonds. The van der Waals surface area contributed by atoms with Crippen molar-refractivity contribution in [1.29, 1.82) is 0 Å². The lowest BCUT2D eigenvalue weighted by molar-refractivity contribution is -0.308. The van der Waals surface area contributed by atoms with Crippen LogP contribution < -0.4 is 0 Å². The number of fused-ring (bicyclic) bond motifs is 2. The van der Waals surface area contributed by atoms with Gasteiger partial charge in [0.1, 0.15) is 5.82 Å². The average molecular weight is 425 g/mol. The second kappa shape index (κ2) is 7.57. The highest BCUT2D eigenvalue weighted by atomic mass is 32.1. The highest BCUT2D eigenvalue weighted by Gasteiger charge is 2.50. The number of hydrogen-bond donors (Lipinski definition) is 1. The first-order valence-corrected chi connectivity index (χ1v) is 11.2. The minimum Gasteiger partial charge on any atom is -0.393 e. The van der Waals surface area contributed by atoms with Crippen molar-refractivity contribution in [3.05, 3.63) is 82.0 Å². The molecule has 3 nitrogen and oxygen atoms in total. The molecule has 1 aromatic heterocycles. The van der Waals surface area contributed by atoms with Crippen molar-refractivity contribution in [3.63, 3.8) is 0 Å². The van der Waals surface area contributed by atoms with Crippen LogP contribution in [0.4, 0.5) is 4.39 Å². The van der Waals surface area contributed by atoms with E-state index >= 15 is 0 Å². The maximum absolute atomic E-state index is 14.9. The second-order valence-corrected chi connectivity index (χ2v) is 9.57. The molecule has 0 aliphatic carbocycles. The van der Waals surface area contributed by atoms with Gasteiger partial charge in [-0.05, 0) is 47.9 Å². The third-order valence-electron chi connectivity index (χ3n) is 6.43. The molecule has 1 saturated heterocycles. The van der Waals surface area contributed by atoms with Gasteiger partial charge in [0.05, 0.1) is 18.8 Å². The fourth-order valence-electron chi connectivity index (χ4n) is 4.46. The topological polar surface area (TPSA) is 38.7 Å². The molecule has 0 saturated carbocycles. The number of aliphatic hydroxyl groups is 1. The lowest BCUT2D eigenvalue weighted by Crippen LogP contribution is -2.48. The van der Waals surface area contributed by atoms with Crippen LogP contribution in [0.2, 0.25) is 0 Å². The molecule has 5 rings (SSSR count). The van der Waals surface area contributed by atoms with Crippen LogP contribution in [-0.2, 0) is 28.3 Å². The van der Waals surface area contributed by atoms with E-state index in [1.165, 1.54) is 10.4 Å². The Morgan fingerprint density at radius 2 is 1.93 bits per heavy atom. The average Bonchev–Trinajstić information content (AvgIpc) is 3.33. The Bertz CT molecular complexity index is 1050. The van der Waals surface area contributed by atoms with Gasteiger partial charge in [0, 0.05) is 34.1 Å². The van der Waals surface area contributed by atoms with Gasteiger partial charge >= 0.3 is 0 Å². The van der Waals surface area contributed by atoms with E-state index in [0.717, 1.165) is 16.0 Å². The van der Waals surface area contributed by atoms with Crippen LogP contribution in [0.3, 0.4) is 0 Å². The Labute approximate surface area is 180 Å². The zero-order valence-corrected chi connectivity index (χ0v) is 17.9. The van der Waals surface area contributed by atoms with Gasteiger partial charge in [-0.25, -0.2) is 4.39 Å². The van der Waals surface area contributed by atoms with E-state index in [1.807, 2.05) is 38.1 Å². The van der Waals surface area contributed by atoms with E-state index in [1.54, 1.807) is 17.4 Å². The summed E-state index contributed by atoms with van der Waals surface area (Å²) in [5, 5.41) is 10.5. The predicted molar refractivity (Wildman–Crippen MR) is 116 cm³/mol. The van der Waals surface area contributed by atoms with E-state index < -0.39 is 11.9 Å². The largest absolute Gasteiger partial charge is 0.393 e. The quantitative estimate of drug-likeness (QED) is 0.592. The van der Waals surface area contributed by atoms with Crippen molar-refractivity contribution in [2.24, 2.45) is 5.92 Å². The Kier molecular flexibility index (Phi) is 5.02. The summed E-state index contributed by atoms with van der Waals surface area (Å²) in [7, 11) is 0. The summed E-state index contributed by atoms with van der Waals surface area (Å²) in [5.74, 6) is -1.17. The number of benzene rings is 2. The third-order valence-corrected chi connectivity index (χ3v) is 7.56. The van der Waals surface area contributed by atoms with Crippen LogP contribution in [0.1, 0.15) is 41.8 Å². The number of thiophene rings is 1. The molecule has 4 atom stereocenters. The first kappa shape index (κ1) is 19.9. The Morgan fingerprint density at radius 3 is 2.70 bits per heavy atom. The highest BCUT2D eigenvalue weighted by Crippen LogP contribution is 2.47. The molecule has 2 aliphatic rings. The smallest absolute Gasteiger partial charge is 0.198 e. The lowest BCUT2D eigenvalue weighted by Gasteiger charge is -2.43. The molecule has 1 unspecified atom stereocenters. The van der Waals surface area contributed by atoms with Gasteiger partial charge in [0.15, 0.2) is 5.79 Å². The molecule has 30 heavy (non-hydrogen) atoms. The van der Waals surface area contributed by atoms with Gasteiger partial charge in [-0.2, -0.15) is 0 Å².